The maximum Gasteiger partial charge on any atom is 0.400 e. The smallest absolute Gasteiger partial charge is 0.400 e. The summed E-state index contributed by atoms with van der Waals surface area (Å²) < 4.78 is 109. The molecule has 3 aromatic carbocycles. The fraction of sp³-hybridized carbons (Fsp3) is 0.455. The highest BCUT2D eigenvalue weighted by atomic mass is 19.3. The van der Waals surface area contributed by atoms with E-state index < -0.39 is 53.7 Å². The van der Waals surface area contributed by atoms with Gasteiger partial charge in [-0.15, -0.1) is 0 Å². The molecule has 0 saturated heterocycles. The minimum Gasteiger partial charge on any atom is -0.457 e. The molecule has 3 aromatic rings. The predicted octanol–water partition coefficient (Wildman–Crippen LogP) is 10.5. The summed E-state index contributed by atoms with van der Waals surface area (Å²) in [5.74, 6) is -5.97. The van der Waals surface area contributed by atoms with Crippen molar-refractivity contribution in [1.29, 1.82) is 0 Å². The van der Waals surface area contributed by atoms with Crippen molar-refractivity contribution < 1.29 is 40.2 Å². The predicted molar refractivity (Wildman–Crippen MR) is 145 cm³/mol. The van der Waals surface area contributed by atoms with E-state index >= 15 is 8.78 Å². The lowest BCUT2D eigenvalue weighted by atomic mass is 9.77. The molecule has 2 fully saturated rings. The first-order valence-corrected chi connectivity index (χ1v) is 14.4. The van der Waals surface area contributed by atoms with Crippen molar-refractivity contribution in [3.05, 3.63) is 82.9 Å². The van der Waals surface area contributed by atoms with Crippen LogP contribution in [0.15, 0.2) is 48.5 Å². The van der Waals surface area contributed by atoms with Crippen molar-refractivity contribution >= 4 is 0 Å². The highest BCUT2D eigenvalue weighted by Crippen LogP contribution is 2.45. The third-order valence-electron chi connectivity index (χ3n) is 8.86. The fourth-order valence-corrected chi connectivity index (χ4v) is 6.41. The highest BCUT2D eigenvalue weighted by Gasteiger charge is 2.44. The van der Waals surface area contributed by atoms with Gasteiger partial charge in [0, 0.05) is 17.7 Å². The van der Waals surface area contributed by atoms with Gasteiger partial charge in [-0.1, -0.05) is 44.0 Å². The van der Waals surface area contributed by atoms with Gasteiger partial charge >= 0.3 is 6.11 Å². The fourth-order valence-electron chi connectivity index (χ4n) is 6.41. The molecule has 0 heterocycles. The van der Waals surface area contributed by atoms with Crippen LogP contribution in [-0.4, -0.2) is 13.0 Å². The molecule has 2 aliphatic rings. The van der Waals surface area contributed by atoms with Crippen LogP contribution in [0, 0.1) is 35.1 Å². The third kappa shape index (κ3) is 6.55. The second-order valence-electron chi connectivity index (χ2n) is 11.6. The minimum absolute atomic E-state index is 0.0110. The zero-order valence-corrected chi connectivity index (χ0v) is 23.3. The first kappa shape index (κ1) is 30.2. The Morgan fingerprint density at radius 1 is 0.714 bits per heavy atom. The standard InChI is InChI=1S/C33H33F7O2/c1-19-2-4-20(5-3-19)22-8-12-27(28(35)14-22)23-9-13-26(29(36)15-23)21-6-10-24(11-7-21)33(39,40)42-25-16-30(37)32(41-18-34)31(38)17-25/h8-9,12-17,19-21,24H,2-7,10-11,18H2,1H3. The largest absolute Gasteiger partial charge is 0.457 e. The van der Waals surface area contributed by atoms with E-state index in [0.717, 1.165) is 31.2 Å². The Labute approximate surface area is 240 Å². The molecule has 0 bridgehead atoms. The van der Waals surface area contributed by atoms with Crippen molar-refractivity contribution in [2.75, 3.05) is 6.86 Å². The summed E-state index contributed by atoms with van der Waals surface area (Å²) in [6.45, 7) is 0.747. The van der Waals surface area contributed by atoms with Crippen molar-refractivity contribution in [3.63, 3.8) is 0 Å². The number of hydrogen-bond acceptors (Lipinski definition) is 2. The molecule has 0 aromatic heterocycles. The van der Waals surface area contributed by atoms with E-state index in [0.29, 0.717) is 40.7 Å². The lowest BCUT2D eigenvalue weighted by molar-refractivity contribution is -0.222. The van der Waals surface area contributed by atoms with Crippen LogP contribution in [0.5, 0.6) is 11.5 Å². The summed E-state index contributed by atoms with van der Waals surface area (Å²) in [6.07, 6.45) is 1.04. The summed E-state index contributed by atoms with van der Waals surface area (Å²) in [4.78, 5) is 0. The minimum atomic E-state index is -3.74. The second-order valence-corrected chi connectivity index (χ2v) is 11.6. The van der Waals surface area contributed by atoms with Gasteiger partial charge in [-0.3, -0.25) is 0 Å². The van der Waals surface area contributed by atoms with Crippen LogP contribution >= 0.6 is 0 Å². The SMILES string of the molecule is CC1CCC(c2ccc(-c3ccc(C4CCC(C(F)(F)Oc5cc(F)c(OCF)c(F)c5)CC4)c(F)c3)c(F)c2)CC1. The van der Waals surface area contributed by atoms with Crippen LogP contribution in [0.25, 0.3) is 11.1 Å². The number of hydrogen-bond donors (Lipinski definition) is 0. The molecule has 0 amide bonds. The van der Waals surface area contributed by atoms with Gasteiger partial charge in [0.1, 0.15) is 17.4 Å². The Bertz CT molecular complexity index is 1370. The molecule has 9 heteroatoms. The Kier molecular flexibility index (Phi) is 9.04. The van der Waals surface area contributed by atoms with Gasteiger partial charge in [0.15, 0.2) is 17.4 Å². The molecule has 0 atom stereocenters. The van der Waals surface area contributed by atoms with E-state index in [2.05, 4.69) is 16.4 Å². The average molecular weight is 595 g/mol. The van der Waals surface area contributed by atoms with Crippen molar-refractivity contribution in [2.24, 2.45) is 11.8 Å². The van der Waals surface area contributed by atoms with Gasteiger partial charge in [0.2, 0.25) is 6.86 Å². The van der Waals surface area contributed by atoms with E-state index in [1.807, 2.05) is 6.07 Å². The van der Waals surface area contributed by atoms with E-state index in [-0.39, 0.29) is 31.6 Å². The Hall–Kier alpha value is -3.23. The van der Waals surface area contributed by atoms with Gasteiger partial charge in [0.25, 0.3) is 0 Å². The molecule has 2 saturated carbocycles. The zero-order valence-electron chi connectivity index (χ0n) is 23.3. The van der Waals surface area contributed by atoms with E-state index in [9.17, 15) is 22.0 Å². The number of rotatable bonds is 8. The maximum absolute atomic E-state index is 15.2. The number of halogens is 7. The second kappa shape index (κ2) is 12.6. The molecule has 42 heavy (non-hydrogen) atoms. The summed E-state index contributed by atoms with van der Waals surface area (Å²) in [6, 6.07) is 10.7. The normalized spacial score (nSPS) is 23.0. The molecule has 226 valence electrons. The molecular weight excluding hydrogens is 561 g/mol. The first-order valence-electron chi connectivity index (χ1n) is 14.4. The Morgan fingerprint density at radius 2 is 1.36 bits per heavy atom. The van der Waals surface area contributed by atoms with Gasteiger partial charge < -0.3 is 9.47 Å². The summed E-state index contributed by atoms with van der Waals surface area (Å²) >= 11 is 0. The lowest BCUT2D eigenvalue weighted by Gasteiger charge is -2.33. The average Bonchev–Trinajstić information content (AvgIpc) is 2.95. The van der Waals surface area contributed by atoms with Crippen LogP contribution < -0.4 is 9.47 Å². The summed E-state index contributed by atoms with van der Waals surface area (Å²) in [7, 11) is 0. The summed E-state index contributed by atoms with van der Waals surface area (Å²) in [5, 5.41) is 0. The van der Waals surface area contributed by atoms with Gasteiger partial charge in [-0.2, -0.15) is 8.78 Å². The maximum atomic E-state index is 15.2. The molecule has 2 nitrogen and oxygen atoms in total. The van der Waals surface area contributed by atoms with Gasteiger partial charge in [0.05, 0.1) is 5.92 Å². The molecule has 0 unspecified atom stereocenters. The number of benzene rings is 3. The monoisotopic (exact) mass is 594 g/mol. The topological polar surface area (TPSA) is 18.5 Å². The van der Waals surface area contributed by atoms with Crippen LogP contribution in [0.3, 0.4) is 0 Å². The van der Waals surface area contributed by atoms with E-state index in [1.54, 1.807) is 24.3 Å². The zero-order chi connectivity index (χ0) is 30.0. The lowest BCUT2D eigenvalue weighted by Crippen LogP contribution is -2.37. The number of alkyl halides is 3. The summed E-state index contributed by atoms with van der Waals surface area (Å²) in [5.41, 5.74) is 2.07. The Morgan fingerprint density at radius 3 is 1.95 bits per heavy atom. The molecule has 0 radical (unpaired) electrons. The van der Waals surface area contributed by atoms with Gasteiger partial charge in [-0.25, -0.2) is 22.0 Å². The molecule has 2 aliphatic carbocycles. The van der Waals surface area contributed by atoms with E-state index in [4.69, 9.17) is 0 Å². The van der Waals surface area contributed by atoms with Crippen LogP contribution in [0.2, 0.25) is 0 Å². The molecule has 5 rings (SSSR count). The van der Waals surface area contributed by atoms with E-state index in [1.165, 1.54) is 6.07 Å². The van der Waals surface area contributed by atoms with Crippen molar-refractivity contribution in [2.45, 2.75) is 76.2 Å². The number of ether oxygens (including phenoxy) is 2. The van der Waals surface area contributed by atoms with Crippen LogP contribution in [0.1, 0.15) is 81.3 Å². The molecular formula is C33H33F7O2. The van der Waals surface area contributed by atoms with Gasteiger partial charge in [-0.05, 0) is 85.1 Å². The Balaban J connectivity index is 1.22. The van der Waals surface area contributed by atoms with Crippen molar-refractivity contribution in [1.82, 2.24) is 0 Å². The van der Waals surface area contributed by atoms with Crippen LogP contribution in [0.4, 0.5) is 30.7 Å². The third-order valence-corrected chi connectivity index (χ3v) is 8.86. The first-order chi connectivity index (χ1) is 20.1. The quantitative estimate of drug-likeness (QED) is 0.242. The molecule has 0 N–H and O–H groups in total. The molecule has 0 spiro atoms. The highest BCUT2D eigenvalue weighted by molar-refractivity contribution is 5.65. The van der Waals surface area contributed by atoms with Crippen LogP contribution in [-0.2, 0) is 0 Å². The van der Waals surface area contributed by atoms with Crippen molar-refractivity contribution in [3.8, 4) is 22.6 Å². The molecule has 0 aliphatic heterocycles.